The quantitative estimate of drug-likeness (QED) is 0.852. The van der Waals surface area contributed by atoms with Crippen molar-refractivity contribution in [2.75, 3.05) is 25.1 Å². The first-order valence-electron chi connectivity index (χ1n) is 6.27. The Morgan fingerprint density at radius 2 is 2.22 bits per heavy atom. The maximum atomic E-state index is 11.8. The molecule has 1 saturated heterocycles. The Hall–Kier alpha value is -1.39. The molecule has 0 aliphatic carbocycles. The SMILES string of the molecule is Cc1ccccc1NC(=O)CNC1(C)CCOC1. The van der Waals surface area contributed by atoms with Gasteiger partial charge in [0.05, 0.1) is 13.2 Å². The number of hydrogen-bond donors (Lipinski definition) is 2. The van der Waals surface area contributed by atoms with Crippen LogP contribution < -0.4 is 10.6 Å². The summed E-state index contributed by atoms with van der Waals surface area (Å²) in [5, 5.41) is 6.17. The Morgan fingerprint density at radius 3 is 2.89 bits per heavy atom. The van der Waals surface area contributed by atoms with Gasteiger partial charge in [-0.2, -0.15) is 0 Å². The second-order valence-corrected chi connectivity index (χ2v) is 5.08. The van der Waals surface area contributed by atoms with Crippen molar-refractivity contribution in [3.05, 3.63) is 29.8 Å². The summed E-state index contributed by atoms with van der Waals surface area (Å²) in [6.45, 7) is 5.82. The molecule has 98 valence electrons. The largest absolute Gasteiger partial charge is 0.379 e. The van der Waals surface area contributed by atoms with Gasteiger partial charge in [0.1, 0.15) is 0 Å². The Morgan fingerprint density at radius 1 is 1.44 bits per heavy atom. The van der Waals surface area contributed by atoms with Gasteiger partial charge < -0.3 is 15.4 Å². The number of anilines is 1. The number of carbonyl (C=O) groups excluding carboxylic acids is 1. The zero-order chi connectivity index (χ0) is 13.0. The van der Waals surface area contributed by atoms with Gasteiger partial charge in [-0.05, 0) is 31.9 Å². The number of benzene rings is 1. The van der Waals surface area contributed by atoms with E-state index in [4.69, 9.17) is 4.74 Å². The standard InChI is InChI=1S/C14H20N2O2/c1-11-5-3-4-6-12(11)16-13(17)9-15-14(2)7-8-18-10-14/h3-6,15H,7-10H2,1-2H3,(H,16,17). The molecule has 0 aromatic heterocycles. The molecule has 4 nitrogen and oxygen atoms in total. The second kappa shape index (κ2) is 5.50. The molecule has 1 aliphatic heterocycles. The van der Waals surface area contributed by atoms with Gasteiger partial charge in [-0.1, -0.05) is 18.2 Å². The molecule has 18 heavy (non-hydrogen) atoms. The minimum absolute atomic E-state index is 0.0163. The van der Waals surface area contributed by atoms with Crippen LogP contribution in [-0.2, 0) is 9.53 Å². The molecule has 0 radical (unpaired) electrons. The molecular weight excluding hydrogens is 228 g/mol. The molecular formula is C14H20N2O2. The highest BCUT2D eigenvalue weighted by molar-refractivity contribution is 5.92. The maximum absolute atomic E-state index is 11.8. The zero-order valence-corrected chi connectivity index (χ0v) is 11.0. The number of hydrogen-bond acceptors (Lipinski definition) is 3. The average molecular weight is 248 g/mol. The van der Waals surface area contributed by atoms with Gasteiger partial charge in [-0.15, -0.1) is 0 Å². The first-order chi connectivity index (χ1) is 8.59. The van der Waals surface area contributed by atoms with Crippen molar-refractivity contribution in [1.29, 1.82) is 0 Å². The van der Waals surface area contributed by atoms with Crippen molar-refractivity contribution in [3.8, 4) is 0 Å². The fourth-order valence-electron chi connectivity index (χ4n) is 2.01. The van der Waals surface area contributed by atoms with E-state index in [9.17, 15) is 4.79 Å². The molecule has 4 heteroatoms. The lowest BCUT2D eigenvalue weighted by Gasteiger charge is -2.23. The predicted octanol–water partition coefficient (Wildman–Crippen LogP) is 1.70. The summed E-state index contributed by atoms with van der Waals surface area (Å²) in [6.07, 6.45) is 0.949. The predicted molar refractivity (Wildman–Crippen MR) is 71.7 cm³/mol. The lowest BCUT2D eigenvalue weighted by Crippen LogP contribution is -2.46. The van der Waals surface area contributed by atoms with Crippen LogP contribution in [0.15, 0.2) is 24.3 Å². The monoisotopic (exact) mass is 248 g/mol. The van der Waals surface area contributed by atoms with E-state index in [1.165, 1.54) is 0 Å². The molecule has 0 bridgehead atoms. The number of ether oxygens (including phenoxy) is 1. The molecule has 2 N–H and O–H groups in total. The Labute approximate surface area is 108 Å². The topological polar surface area (TPSA) is 50.4 Å². The highest BCUT2D eigenvalue weighted by Crippen LogP contribution is 2.17. The zero-order valence-electron chi connectivity index (χ0n) is 11.0. The Balaban J connectivity index is 1.84. The molecule has 0 spiro atoms. The number of para-hydroxylation sites is 1. The lowest BCUT2D eigenvalue weighted by molar-refractivity contribution is -0.115. The van der Waals surface area contributed by atoms with Gasteiger partial charge in [0.25, 0.3) is 0 Å². The molecule has 1 heterocycles. The van der Waals surface area contributed by atoms with E-state index in [-0.39, 0.29) is 11.4 Å². The molecule has 1 aromatic carbocycles. The maximum Gasteiger partial charge on any atom is 0.238 e. The first-order valence-corrected chi connectivity index (χ1v) is 6.27. The third kappa shape index (κ3) is 3.31. The summed E-state index contributed by atoms with van der Waals surface area (Å²) in [7, 11) is 0. The number of carbonyl (C=O) groups is 1. The number of rotatable bonds is 4. The lowest BCUT2D eigenvalue weighted by atomic mass is 10.0. The fourth-order valence-corrected chi connectivity index (χ4v) is 2.01. The summed E-state index contributed by atoms with van der Waals surface area (Å²) in [6, 6.07) is 7.77. The van der Waals surface area contributed by atoms with Crippen LogP contribution in [0.25, 0.3) is 0 Å². The first kappa shape index (κ1) is 13.1. The van der Waals surface area contributed by atoms with Crippen molar-refractivity contribution in [1.82, 2.24) is 5.32 Å². The van der Waals surface area contributed by atoms with Gasteiger partial charge in [0.15, 0.2) is 0 Å². The van der Waals surface area contributed by atoms with Crippen molar-refractivity contribution < 1.29 is 9.53 Å². The third-order valence-corrected chi connectivity index (χ3v) is 3.31. The van der Waals surface area contributed by atoms with Crippen molar-refractivity contribution in [3.63, 3.8) is 0 Å². The molecule has 0 saturated carbocycles. The van der Waals surface area contributed by atoms with Crippen molar-refractivity contribution in [2.45, 2.75) is 25.8 Å². The summed E-state index contributed by atoms with van der Waals surface area (Å²) in [5.74, 6) is -0.0163. The van der Waals surface area contributed by atoms with Gasteiger partial charge in [0.2, 0.25) is 5.91 Å². The molecule has 1 fully saturated rings. The van der Waals surface area contributed by atoms with Crippen molar-refractivity contribution >= 4 is 11.6 Å². The van der Waals surface area contributed by atoms with Crippen LogP contribution in [0, 0.1) is 6.92 Å². The smallest absolute Gasteiger partial charge is 0.238 e. The van der Waals surface area contributed by atoms with E-state index < -0.39 is 0 Å². The summed E-state index contributed by atoms with van der Waals surface area (Å²) in [4.78, 5) is 11.8. The van der Waals surface area contributed by atoms with E-state index >= 15 is 0 Å². The summed E-state index contributed by atoms with van der Waals surface area (Å²) < 4.78 is 5.34. The number of amides is 1. The van der Waals surface area contributed by atoms with Crippen LogP contribution in [0.1, 0.15) is 18.9 Å². The minimum Gasteiger partial charge on any atom is -0.379 e. The van der Waals surface area contributed by atoms with E-state index in [1.807, 2.05) is 31.2 Å². The second-order valence-electron chi connectivity index (χ2n) is 5.08. The highest BCUT2D eigenvalue weighted by atomic mass is 16.5. The molecule has 2 rings (SSSR count). The van der Waals surface area contributed by atoms with Crippen LogP contribution in [0.3, 0.4) is 0 Å². The molecule has 1 unspecified atom stereocenters. The van der Waals surface area contributed by atoms with E-state index in [1.54, 1.807) is 0 Å². The van der Waals surface area contributed by atoms with E-state index in [2.05, 4.69) is 17.6 Å². The molecule has 1 aromatic rings. The summed E-state index contributed by atoms with van der Waals surface area (Å²) in [5.41, 5.74) is 1.88. The van der Waals surface area contributed by atoms with Crippen LogP contribution in [0.5, 0.6) is 0 Å². The van der Waals surface area contributed by atoms with Gasteiger partial charge >= 0.3 is 0 Å². The van der Waals surface area contributed by atoms with Crippen LogP contribution in [0.4, 0.5) is 5.69 Å². The van der Waals surface area contributed by atoms with Crippen LogP contribution in [0.2, 0.25) is 0 Å². The van der Waals surface area contributed by atoms with E-state index in [0.717, 1.165) is 24.3 Å². The fraction of sp³-hybridized carbons (Fsp3) is 0.500. The minimum atomic E-state index is -0.0664. The van der Waals surface area contributed by atoms with E-state index in [0.29, 0.717) is 13.2 Å². The normalized spacial score (nSPS) is 23.0. The number of nitrogens with one attached hydrogen (secondary N) is 2. The van der Waals surface area contributed by atoms with Gasteiger partial charge in [-0.25, -0.2) is 0 Å². The number of aryl methyl sites for hydroxylation is 1. The Kier molecular flexibility index (Phi) is 3.99. The van der Waals surface area contributed by atoms with Gasteiger partial charge in [-0.3, -0.25) is 4.79 Å². The average Bonchev–Trinajstić information content (AvgIpc) is 2.77. The molecule has 1 aliphatic rings. The van der Waals surface area contributed by atoms with Crippen molar-refractivity contribution in [2.24, 2.45) is 0 Å². The Bertz CT molecular complexity index is 426. The molecule has 1 amide bonds. The van der Waals surface area contributed by atoms with Crippen LogP contribution in [-0.4, -0.2) is 31.2 Å². The summed E-state index contributed by atoms with van der Waals surface area (Å²) >= 11 is 0. The highest BCUT2D eigenvalue weighted by Gasteiger charge is 2.29. The molecule has 1 atom stereocenters. The van der Waals surface area contributed by atoms with Crippen LogP contribution >= 0.6 is 0 Å². The van der Waals surface area contributed by atoms with Gasteiger partial charge in [0, 0.05) is 17.8 Å². The third-order valence-electron chi connectivity index (χ3n) is 3.31.